The van der Waals surface area contributed by atoms with Crippen LogP contribution in [0.2, 0.25) is 5.02 Å². The van der Waals surface area contributed by atoms with Crippen LogP contribution in [0.15, 0.2) is 18.2 Å². The van der Waals surface area contributed by atoms with Crippen LogP contribution in [0.3, 0.4) is 0 Å². The van der Waals surface area contributed by atoms with E-state index in [1.807, 2.05) is 20.8 Å². The molecule has 22 heavy (non-hydrogen) atoms. The molecular formula is C16H23ClN2O3. The van der Waals surface area contributed by atoms with Crippen LogP contribution in [-0.2, 0) is 9.59 Å². The van der Waals surface area contributed by atoms with Gasteiger partial charge >= 0.3 is 11.8 Å². The van der Waals surface area contributed by atoms with Crippen molar-refractivity contribution in [2.45, 2.75) is 39.7 Å². The zero-order valence-corrected chi connectivity index (χ0v) is 13.9. The maximum Gasteiger partial charge on any atom is 0.313 e. The predicted molar refractivity (Wildman–Crippen MR) is 87.9 cm³/mol. The molecule has 0 spiro atoms. The fraction of sp³-hybridized carbons (Fsp3) is 0.500. The lowest BCUT2D eigenvalue weighted by Crippen LogP contribution is -2.41. The predicted octanol–water partition coefficient (Wildman–Crippen LogP) is 2.50. The van der Waals surface area contributed by atoms with Crippen LogP contribution in [0.4, 0.5) is 5.69 Å². The molecule has 0 aliphatic heterocycles. The van der Waals surface area contributed by atoms with Gasteiger partial charge in [-0.1, -0.05) is 44.4 Å². The third-order valence-electron chi connectivity index (χ3n) is 3.64. The normalized spacial score (nSPS) is 12.1. The highest BCUT2D eigenvalue weighted by atomic mass is 35.5. The summed E-state index contributed by atoms with van der Waals surface area (Å²) in [5.41, 5.74) is 1.34. The molecule has 0 aliphatic carbocycles. The van der Waals surface area contributed by atoms with Crippen molar-refractivity contribution in [1.82, 2.24) is 5.32 Å². The van der Waals surface area contributed by atoms with E-state index in [0.29, 0.717) is 10.7 Å². The van der Waals surface area contributed by atoms with Crippen LogP contribution in [0, 0.1) is 12.8 Å². The Balaban J connectivity index is 2.53. The van der Waals surface area contributed by atoms with E-state index in [0.717, 1.165) is 18.4 Å². The summed E-state index contributed by atoms with van der Waals surface area (Å²) >= 11 is 6.00. The summed E-state index contributed by atoms with van der Waals surface area (Å²) in [6, 6.07) is 5.13. The first kappa shape index (κ1) is 18.5. The van der Waals surface area contributed by atoms with Gasteiger partial charge in [0, 0.05) is 6.54 Å². The lowest BCUT2D eigenvalue weighted by Gasteiger charge is -2.20. The van der Waals surface area contributed by atoms with E-state index in [-0.39, 0.29) is 12.5 Å². The molecule has 0 bridgehead atoms. The third kappa shape index (κ3) is 5.31. The Labute approximate surface area is 136 Å². The number of amides is 2. The van der Waals surface area contributed by atoms with Crippen molar-refractivity contribution >= 4 is 29.1 Å². The van der Waals surface area contributed by atoms with E-state index in [1.54, 1.807) is 18.2 Å². The second kappa shape index (κ2) is 8.76. The molecule has 1 aromatic carbocycles. The van der Waals surface area contributed by atoms with Gasteiger partial charge in [-0.3, -0.25) is 9.59 Å². The Morgan fingerprint density at radius 2 is 1.86 bits per heavy atom. The van der Waals surface area contributed by atoms with Crippen LogP contribution in [0.5, 0.6) is 0 Å². The summed E-state index contributed by atoms with van der Waals surface area (Å²) in [5, 5.41) is 15.2. The van der Waals surface area contributed by atoms with Crippen LogP contribution >= 0.6 is 11.6 Å². The number of aliphatic hydroxyl groups excluding tert-OH is 1. The summed E-state index contributed by atoms with van der Waals surface area (Å²) in [6.07, 6.45) is 0.979. The number of carbonyl (C=O) groups is 2. The second-order valence-corrected chi connectivity index (χ2v) is 5.70. The van der Waals surface area contributed by atoms with Crippen molar-refractivity contribution in [3.8, 4) is 0 Å². The topological polar surface area (TPSA) is 78.4 Å². The Bertz CT molecular complexity index is 530. The van der Waals surface area contributed by atoms with Gasteiger partial charge in [0.05, 0.1) is 16.8 Å². The van der Waals surface area contributed by atoms with Gasteiger partial charge in [0.25, 0.3) is 0 Å². The minimum absolute atomic E-state index is 0.0558. The number of aliphatic hydroxyl groups is 1. The standard InChI is InChI=1S/C16H23ClN2O3/c1-4-11(5-2)14(20)9-18-15(21)16(22)19-13-7-6-10(3)8-12(13)17/h6-8,11,14,20H,4-5,9H2,1-3H3,(H,18,21)(H,19,22). The number of rotatable bonds is 6. The molecule has 0 fully saturated rings. The zero-order valence-electron chi connectivity index (χ0n) is 13.1. The van der Waals surface area contributed by atoms with Crippen LogP contribution in [0.1, 0.15) is 32.3 Å². The van der Waals surface area contributed by atoms with E-state index >= 15 is 0 Å². The lowest BCUT2D eigenvalue weighted by atomic mass is 9.96. The van der Waals surface area contributed by atoms with Crippen molar-refractivity contribution in [3.05, 3.63) is 28.8 Å². The quantitative estimate of drug-likeness (QED) is 0.703. The molecule has 0 aliphatic rings. The van der Waals surface area contributed by atoms with Gasteiger partial charge in [0.2, 0.25) is 0 Å². The van der Waals surface area contributed by atoms with Crippen molar-refractivity contribution in [2.24, 2.45) is 5.92 Å². The summed E-state index contributed by atoms with van der Waals surface area (Å²) < 4.78 is 0. The fourth-order valence-electron chi connectivity index (χ4n) is 2.18. The number of halogens is 1. The van der Waals surface area contributed by atoms with Gasteiger partial charge in [-0.15, -0.1) is 0 Å². The molecule has 6 heteroatoms. The number of benzene rings is 1. The van der Waals surface area contributed by atoms with E-state index in [1.165, 1.54) is 0 Å². The number of carbonyl (C=O) groups excluding carboxylic acids is 2. The molecule has 122 valence electrons. The van der Waals surface area contributed by atoms with Gasteiger partial charge in [0.1, 0.15) is 0 Å². The monoisotopic (exact) mass is 326 g/mol. The molecule has 0 saturated carbocycles. The Morgan fingerprint density at radius 3 is 2.41 bits per heavy atom. The minimum atomic E-state index is -0.803. The molecule has 2 amide bonds. The zero-order chi connectivity index (χ0) is 16.7. The van der Waals surface area contributed by atoms with Crippen molar-refractivity contribution in [3.63, 3.8) is 0 Å². The molecule has 5 nitrogen and oxygen atoms in total. The summed E-state index contributed by atoms with van der Waals surface area (Å²) in [7, 11) is 0. The van der Waals surface area contributed by atoms with E-state index in [9.17, 15) is 14.7 Å². The number of hydrogen-bond donors (Lipinski definition) is 3. The average molecular weight is 327 g/mol. The molecule has 3 N–H and O–H groups in total. The first-order chi connectivity index (χ1) is 10.4. The lowest BCUT2D eigenvalue weighted by molar-refractivity contribution is -0.136. The van der Waals surface area contributed by atoms with E-state index in [4.69, 9.17) is 11.6 Å². The molecule has 1 unspecified atom stereocenters. The van der Waals surface area contributed by atoms with Gasteiger partial charge in [0.15, 0.2) is 0 Å². The van der Waals surface area contributed by atoms with Crippen molar-refractivity contribution in [1.29, 1.82) is 0 Å². The number of anilines is 1. The summed E-state index contributed by atoms with van der Waals surface area (Å²) in [5.74, 6) is -1.49. The van der Waals surface area contributed by atoms with E-state index < -0.39 is 17.9 Å². The van der Waals surface area contributed by atoms with Crippen LogP contribution < -0.4 is 10.6 Å². The maximum atomic E-state index is 11.8. The Kier molecular flexibility index (Phi) is 7.35. The molecule has 1 atom stereocenters. The number of nitrogens with one attached hydrogen (secondary N) is 2. The largest absolute Gasteiger partial charge is 0.391 e. The Hall–Kier alpha value is -1.59. The smallest absolute Gasteiger partial charge is 0.313 e. The highest BCUT2D eigenvalue weighted by molar-refractivity contribution is 6.41. The second-order valence-electron chi connectivity index (χ2n) is 5.29. The molecule has 1 aromatic rings. The van der Waals surface area contributed by atoms with Crippen LogP contribution in [-0.4, -0.2) is 29.6 Å². The van der Waals surface area contributed by atoms with Crippen molar-refractivity contribution < 1.29 is 14.7 Å². The highest BCUT2D eigenvalue weighted by Gasteiger charge is 2.19. The molecule has 0 radical (unpaired) electrons. The third-order valence-corrected chi connectivity index (χ3v) is 3.96. The molecule has 0 saturated heterocycles. The summed E-state index contributed by atoms with van der Waals surface area (Å²) in [6.45, 7) is 5.89. The SMILES string of the molecule is CCC(CC)C(O)CNC(=O)C(=O)Nc1ccc(C)cc1Cl. The number of hydrogen-bond acceptors (Lipinski definition) is 3. The van der Waals surface area contributed by atoms with Crippen molar-refractivity contribution in [2.75, 3.05) is 11.9 Å². The number of aryl methyl sites for hydroxylation is 1. The van der Waals surface area contributed by atoms with Gasteiger partial charge < -0.3 is 15.7 Å². The average Bonchev–Trinajstić information content (AvgIpc) is 2.48. The Morgan fingerprint density at radius 1 is 1.23 bits per heavy atom. The van der Waals surface area contributed by atoms with Gasteiger partial charge in [-0.25, -0.2) is 0 Å². The molecule has 1 rings (SSSR count). The van der Waals surface area contributed by atoms with E-state index in [2.05, 4.69) is 10.6 Å². The first-order valence-electron chi connectivity index (χ1n) is 7.42. The molecular weight excluding hydrogens is 304 g/mol. The van der Waals surface area contributed by atoms with Gasteiger partial charge in [-0.05, 0) is 30.5 Å². The summed E-state index contributed by atoms with van der Waals surface area (Å²) in [4.78, 5) is 23.6. The highest BCUT2D eigenvalue weighted by Crippen LogP contribution is 2.22. The maximum absolute atomic E-state index is 11.8. The minimum Gasteiger partial charge on any atom is -0.391 e. The molecule has 0 aromatic heterocycles. The van der Waals surface area contributed by atoms with Crippen LogP contribution in [0.25, 0.3) is 0 Å². The van der Waals surface area contributed by atoms with Gasteiger partial charge in [-0.2, -0.15) is 0 Å². The fourth-order valence-corrected chi connectivity index (χ4v) is 2.46. The first-order valence-corrected chi connectivity index (χ1v) is 7.80. The molecule has 0 heterocycles.